The lowest BCUT2D eigenvalue weighted by Crippen LogP contribution is -2.12. The van der Waals surface area contributed by atoms with Crippen LogP contribution in [-0.4, -0.2) is 0 Å². The van der Waals surface area contributed by atoms with Gasteiger partial charge in [-0.15, -0.1) is 0 Å². The molecule has 0 saturated heterocycles. The van der Waals surface area contributed by atoms with Crippen molar-refractivity contribution in [2.45, 2.75) is 32.2 Å². The summed E-state index contributed by atoms with van der Waals surface area (Å²) in [4.78, 5) is 0. The first kappa shape index (κ1) is 12.3. The number of aryl methyl sites for hydroxylation is 1. The van der Waals surface area contributed by atoms with E-state index < -0.39 is 0 Å². The first-order valence-corrected chi connectivity index (χ1v) is 7.27. The van der Waals surface area contributed by atoms with Crippen LogP contribution in [-0.2, 0) is 6.42 Å². The average molecular weight is 251 g/mol. The molecule has 1 aliphatic rings. The quantitative estimate of drug-likeness (QED) is 0.804. The predicted octanol–water partition coefficient (Wildman–Crippen LogP) is 4.81. The normalized spacial score (nSPS) is 16.1. The number of nitrogens with one attached hydrogen (secondary N) is 1. The summed E-state index contributed by atoms with van der Waals surface area (Å²) in [7, 11) is 0. The lowest BCUT2D eigenvalue weighted by atomic mass is 10.0. The fourth-order valence-electron chi connectivity index (χ4n) is 2.58. The van der Waals surface area contributed by atoms with Gasteiger partial charge in [0, 0.05) is 5.69 Å². The van der Waals surface area contributed by atoms with Crippen LogP contribution >= 0.6 is 0 Å². The van der Waals surface area contributed by atoms with Crippen LogP contribution in [0.2, 0.25) is 0 Å². The van der Waals surface area contributed by atoms with Gasteiger partial charge >= 0.3 is 0 Å². The van der Waals surface area contributed by atoms with Gasteiger partial charge in [0.05, 0.1) is 6.04 Å². The molecule has 0 radical (unpaired) electrons. The molecule has 1 aliphatic carbocycles. The molecule has 1 saturated carbocycles. The zero-order valence-corrected chi connectivity index (χ0v) is 11.5. The van der Waals surface area contributed by atoms with Gasteiger partial charge in [0.25, 0.3) is 0 Å². The number of hydrogen-bond donors (Lipinski definition) is 1. The van der Waals surface area contributed by atoms with Crippen molar-refractivity contribution in [1.82, 2.24) is 0 Å². The van der Waals surface area contributed by atoms with E-state index in [1.165, 1.54) is 29.7 Å². The van der Waals surface area contributed by atoms with Crippen molar-refractivity contribution in [1.29, 1.82) is 0 Å². The summed E-state index contributed by atoms with van der Waals surface area (Å²) >= 11 is 0. The monoisotopic (exact) mass is 251 g/mol. The lowest BCUT2D eigenvalue weighted by Gasteiger charge is -2.20. The predicted molar refractivity (Wildman–Crippen MR) is 81.3 cm³/mol. The Kier molecular flexibility index (Phi) is 3.54. The van der Waals surface area contributed by atoms with E-state index in [1.807, 2.05) is 0 Å². The number of benzene rings is 2. The fourth-order valence-corrected chi connectivity index (χ4v) is 2.58. The van der Waals surface area contributed by atoms with E-state index >= 15 is 0 Å². The van der Waals surface area contributed by atoms with Gasteiger partial charge in [0.2, 0.25) is 0 Å². The van der Waals surface area contributed by atoms with E-state index in [-0.39, 0.29) is 0 Å². The molecule has 0 spiro atoms. The van der Waals surface area contributed by atoms with E-state index in [9.17, 15) is 0 Å². The van der Waals surface area contributed by atoms with E-state index in [0.717, 1.165) is 12.3 Å². The molecule has 0 bridgehead atoms. The first-order valence-electron chi connectivity index (χ1n) is 7.27. The van der Waals surface area contributed by atoms with Gasteiger partial charge in [-0.1, -0.05) is 49.4 Å². The summed E-state index contributed by atoms with van der Waals surface area (Å²) in [5, 5.41) is 3.71. The second-order valence-electron chi connectivity index (χ2n) is 5.42. The van der Waals surface area contributed by atoms with Crippen molar-refractivity contribution in [3.05, 3.63) is 65.7 Å². The Morgan fingerprint density at radius 2 is 1.68 bits per heavy atom. The van der Waals surface area contributed by atoms with E-state index in [2.05, 4.69) is 66.8 Å². The molecule has 1 unspecified atom stereocenters. The molecule has 98 valence electrons. The van der Waals surface area contributed by atoms with Crippen LogP contribution in [0.4, 0.5) is 5.69 Å². The van der Waals surface area contributed by atoms with Gasteiger partial charge in [-0.2, -0.15) is 0 Å². The second kappa shape index (κ2) is 5.48. The van der Waals surface area contributed by atoms with Gasteiger partial charge in [-0.25, -0.2) is 0 Å². The highest BCUT2D eigenvalue weighted by Gasteiger charge is 2.32. The molecule has 19 heavy (non-hydrogen) atoms. The van der Waals surface area contributed by atoms with Crippen molar-refractivity contribution in [2.24, 2.45) is 5.92 Å². The van der Waals surface area contributed by atoms with Crippen molar-refractivity contribution in [2.75, 3.05) is 5.32 Å². The molecule has 0 heterocycles. The van der Waals surface area contributed by atoms with Crippen LogP contribution in [0.15, 0.2) is 54.6 Å². The van der Waals surface area contributed by atoms with Gasteiger partial charge in [0.1, 0.15) is 0 Å². The molecule has 1 fully saturated rings. The van der Waals surface area contributed by atoms with E-state index in [0.29, 0.717) is 6.04 Å². The SMILES string of the molecule is CCc1ccc(NC(c2ccccc2)C2CC2)cc1. The molecule has 1 nitrogen and oxygen atoms in total. The lowest BCUT2D eigenvalue weighted by molar-refractivity contribution is 0.679. The Hall–Kier alpha value is -1.76. The highest BCUT2D eigenvalue weighted by molar-refractivity contribution is 5.47. The molecule has 0 aromatic heterocycles. The fraction of sp³-hybridized carbons (Fsp3) is 0.333. The summed E-state index contributed by atoms with van der Waals surface area (Å²) < 4.78 is 0. The highest BCUT2D eigenvalue weighted by atomic mass is 14.9. The Balaban J connectivity index is 1.78. The van der Waals surface area contributed by atoms with Crippen molar-refractivity contribution in [3.63, 3.8) is 0 Å². The third kappa shape index (κ3) is 2.98. The largest absolute Gasteiger partial charge is 0.378 e. The van der Waals surface area contributed by atoms with Crippen LogP contribution < -0.4 is 5.32 Å². The summed E-state index contributed by atoms with van der Waals surface area (Å²) in [6.07, 6.45) is 3.80. The third-order valence-corrected chi connectivity index (χ3v) is 3.94. The van der Waals surface area contributed by atoms with E-state index in [4.69, 9.17) is 0 Å². The van der Waals surface area contributed by atoms with Gasteiger partial charge in [0.15, 0.2) is 0 Å². The van der Waals surface area contributed by atoms with Gasteiger partial charge < -0.3 is 5.32 Å². The maximum absolute atomic E-state index is 3.71. The minimum absolute atomic E-state index is 0.466. The molecule has 2 aromatic rings. The Bertz CT molecular complexity index is 511. The third-order valence-electron chi connectivity index (χ3n) is 3.94. The average Bonchev–Trinajstić information content (AvgIpc) is 3.31. The van der Waals surface area contributed by atoms with Crippen molar-refractivity contribution in [3.8, 4) is 0 Å². The zero-order chi connectivity index (χ0) is 13.1. The van der Waals surface area contributed by atoms with Crippen LogP contribution in [0.1, 0.15) is 36.9 Å². The summed E-state index contributed by atoms with van der Waals surface area (Å²) in [5.74, 6) is 0.799. The Morgan fingerprint density at radius 1 is 1.00 bits per heavy atom. The maximum atomic E-state index is 3.71. The number of rotatable bonds is 5. The van der Waals surface area contributed by atoms with Gasteiger partial charge in [-0.05, 0) is 48.4 Å². The summed E-state index contributed by atoms with van der Waals surface area (Å²) in [6, 6.07) is 20.1. The minimum Gasteiger partial charge on any atom is -0.378 e. The maximum Gasteiger partial charge on any atom is 0.0542 e. The molecular weight excluding hydrogens is 230 g/mol. The molecule has 3 rings (SSSR count). The highest BCUT2D eigenvalue weighted by Crippen LogP contribution is 2.42. The minimum atomic E-state index is 0.466. The Labute approximate surface area is 115 Å². The zero-order valence-electron chi connectivity index (χ0n) is 11.5. The Morgan fingerprint density at radius 3 is 2.26 bits per heavy atom. The molecule has 1 N–H and O–H groups in total. The first-order chi connectivity index (χ1) is 9.36. The standard InChI is InChI=1S/C18H21N/c1-2-14-8-12-17(13-9-14)19-18(16-10-11-16)15-6-4-3-5-7-15/h3-9,12-13,16,18-19H,2,10-11H2,1H3. The smallest absolute Gasteiger partial charge is 0.0542 e. The number of anilines is 1. The second-order valence-corrected chi connectivity index (χ2v) is 5.42. The molecular formula is C18H21N. The van der Waals surface area contributed by atoms with Crippen LogP contribution in [0, 0.1) is 5.92 Å². The van der Waals surface area contributed by atoms with Crippen LogP contribution in [0.25, 0.3) is 0 Å². The van der Waals surface area contributed by atoms with Crippen LogP contribution in [0.5, 0.6) is 0 Å². The molecule has 1 heteroatoms. The summed E-state index contributed by atoms with van der Waals surface area (Å²) in [6.45, 7) is 2.19. The van der Waals surface area contributed by atoms with Gasteiger partial charge in [-0.3, -0.25) is 0 Å². The molecule has 2 aromatic carbocycles. The topological polar surface area (TPSA) is 12.0 Å². The van der Waals surface area contributed by atoms with E-state index in [1.54, 1.807) is 0 Å². The van der Waals surface area contributed by atoms with Crippen LogP contribution in [0.3, 0.4) is 0 Å². The summed E-state index contributed by atoms with van der Waals surface area (Å²) in [5.41, 5.74) is 4.04. The molecule has 0 aliphatic heterocycles. The number of hydrogen-bond acceptors (Lipinski definition) is 1. The van der Waals surface area contributed by atoms with Crippen molar-refractivity contribution >= 4 is 5.69 Å². The van der Waals surface area contributed by atoms with Crippen molar-refractivity contribution < 1.29 is 0 Å². The molecule has 1 atom stereocenters. The molecule has 0 amide bonds.